The number of phenols is 1. The Bertz CT molecular complexity index is 436. The van der Waals surface area contributed by atoms with E-state index in [1.807, 2.05) is 0 Å². The zero-order chi connectivity index (χ0) is 13.2. The van der Waals surface area contributed by atoms with Crippen LogP contribution in [0.15, 0.2) is 18.2 Å². The van der Waals surface area contributed by atoms with Crippen molar-refractivity contribution < 1.29 is 18.8 Å². The molecule has 5 nitrogen and oxygen atoms in total. The molecule has 0 amide bonds. The average Bonchev–Trinajstić information content (AvgIpc) is 2.15. The highest BCUT2D eigenvalue weighted by molar-refractivity contribution is 5.47. The van der Waals surface area contributed by atoms with E-state index in [0.29, 0.717) is 5.56 Å². The fraction of sp³-hybridized carbons (Fsp3) is 0.400. The molecular weight excluding hydrogens is 234 g/mol. The minimum Gasteiger partial charge on any atom is -0.502 e. The number of rotatable bonds is 4. The van der Waals surface area contributed by atoms with E-state index >= 15 is 0 Å². The maximum absolute atomic E-state index is 12.5. The minimum atomic E-state index is -2.72. The molecule has 0 aliphatic carbocycles. The van der Waals surface area contributed by atoms with Crippen LogP contribution in [0.25, 0.3) is 0 Å². The molecule has 0 bridgehead atoms. The lowest BCUT2D eigenvalue weighted by Crippen LogP contribution is -2.45. The van der Waals surface area contributed by atoms with Gasteiger partial charge in [-0.2, -0.15) is 0 Å². The van der Waals surface area contributed by atoms with Crippen LogP contribution in [-0.2, 0) is 6.42 Å². The van der Waals surface area contributed by atoms with E-state index in [4.69, 9.17) is 5.73 Å². The molecule has 1 atom stereocenters. The molecular formula is C10H12F2N2O3. The average molecular weight is 246 g/mol. The highest BCUT2D eigenvalue weighted by atomic mass is 19.3. The van der Waals surface area contributed by atoms with Crippen molar-refractivity contribution in [3.8, 4) is 5.75 Å². The number of hydrogen-bond acceptors (Lipinski definition) is 4. The first-order valence-electron chi connectivity index (χ1n) is 4.77. The lowest BCUT2D eigenvalue weighted by atomic mass is 9.94. The van der Waals surface area contributed by atoms with Gasteiger partial charge in [-0.05, 0) is 25.0 Å². The molecule has 0 fully saturated rings. The van der Waals surface area contributed by atoms with Gasteiger partial charge in [0.05, 0.1) is 10.5 Å². The number of nitrogens with two attached hydrogens (primary N) is 1. The second kappa shape index (κ2) is 4.62. The van der Waals surface area contributed by atoms with Gasteiger partial charge in [-0.15, -0.1) is 0 Å². The Balaban J connectivity index is 2.96. The van der Waals surface area contributed by atoms with E-state index in [1.165, 1.54) is 13.0 Å². The van der Waals surface area contributed by atoms with Gasteiger partial charge < -0.3 is 10.8 Å². The highest BCUT2D eigenvalue weighted by Crippen LogP contribution is 2.28. The van der Waals surface area contributed by atoms with Gasteiger partial charge in [-0.1, -0.05) is 6.07 Å². The zero-order valence-corrected chi connectivity index (χ0v) is 9.06. The van der Waals surface area contributed by atoms with Gasteiger partial charge in [0.15, 0.2) is 5.75 Å². The van der Waals surface area contributed by atoms with Crippen molar-refractivity contribution >= 4 is 5.69 Å². The van der Waals surface area contributed by atoms with Gasteiger partial charge in [0.1, 0.15) is 0 Å². The highest BCUT2D eigenvalue weighted by Gasteiger charge is 2.30. The number of nitro benzene ring substituents is 1. The second-order valence-electron chi connectivity index (χ2n) is 4.06. The normalized spacial score (nSPS) is 14.6. The summed E-state index contributed by atoms with van der Waals surface area (Å²) in [5, 5.41) is 19.8. The predicted octanol–water partition coefficient (Wildman–Crippen LogP) is 1.83. The Morgan fingerprint density at radius 3 is 2.59 bits per heavy atom. The quantitative estimate of drug-likeness (QED) is 0.626. The van der Waals surface area contributed by atoms with Crippen molar-refractivity contribution in [3.63, 3.8) is 0 Å². The summed E-state index contributed by atoms with van der Waals surface area (Å²) in [5.41, 5.74) is 3.49. The molecule has 0 heterocycles. The van der Waals surface area contributed by atoms with Crippen LogP contribution in [0, 0.1) is 10.1 Å². The fourth-order valence-electron chi connectivity index (χ4n) is 1.35. The maximum Gasteiger partial charge on any atom is 0.310 e. The summed E-state index contributed by atoms with van der Waals surface area (Å²) in [6, 6.07) is 3.43. The molecule has 0 radical (unpaired) electrons. The topological polar surface area (TPSA) is 89.4 Å². The number of nitro groups is 1. The van der Waals surface area contributed by atoms with Crippen LogP contribution in [0.4, 0.5) is 14.5 Å². The number of phenolic OH excluding ortho intramolecular Hbond substituents is 1. The maximum atomic E-state index is 12.5. The van der Waals surface area contributed by atoms with Crippen LogP contribution >= 0.6 is 0 Å². The van der Waals surface area contributed by atoms with Crippen molar-refractivity contribution in [3.05, 3.63) is 33.9 Å². The number of nitrogens with zero attached hydrogens (tertiary/aromatic N) is 1. The second-order valence-corrected chi connectivity index (χ2v) is 4.06. The Morgan fingerprint density at radius 2 is 2.18 bits per heavy atom. The number of alkyl halides is 2. The third-order valence-corrected chi connectivity index (χ3v) is 2.32. The third-order valence-electron chi connectivity index (χ3n) is 2.32. The first-order chi connectivity index (χ1) is 7.74. The van der Waals surface area contributed by atoms with E-state index in [2.05, 4.69) is 0 Å². The molecule has 1 rings (SSSR count). The molecule has 17 heavy (non-hydrogen) atoms. The van der Waals surface area contributed by atoms with Gasteiger partial charge in [-0.25, -0.2) is 8.78 Å². The van der Waals surface area contributed by atoms with Crippen molar-refractivity contribution in [2.24, 2.45) is 5.73 Å². The zero-order valence-electron chi connectivity index (χ0n) is 9.06. The van der Waals surface area contributed by atoms with Gasteiger partial charge in [0.25, 0.3) is 6.43 Å². The van der Waals surface area contributed by atoms with E-state index in [-0.39, 0.29) is 6.42 Å². The van der Waals surface area contributed by atoms with Crippen LogP contribution in [0.1, 0.15) is 12.5 Å². The molecule has 0 aromatic heterocycles. The van der Waals surface area contributed by atoms with Crippen LogP contribution in [0.2, 0.25) is 0 Å². The first-order valence-corrected chi connectivity index (χ1v) is 4.77. The van der Waals surface area contributed by atoms with Crippen molar-refractivity contribution in [2.75, 3.05) is 0 Å². The van der Waals surface area contributed by atoms with Crippen LogP contribution in [0.3, 0.4) is 0 Å². The number of aromatic hydroxyl groups is 1. The number of halogens is 2. The lowest BCUT2D eigenvalue weighted by molar-refractivity contribution is -0.385. The molecule has 3 N–H and O–H groups in total. The third kappa shape index (κ3) is 3.10. The van der Waals surface area contributed by atoms with Gasteiger partial charge in [0, 0.05) is 6.07 Å². The first kappa shape index (κ1) is 13.3. The molecule has 1 unspecified atom stereocenters. The molecule has 0 saturated carbocycles. The predicted molar refractivity (Wildman–Crippen MR) is 57.1 cm³/mol. The Kier molecular flexibility index (Phi) is 3.62. The lowest BCUT2D eigenvalue weighted by Gasteiger charge is -2.23. The monoisotopic (exact) mass is 246 g/mol. The summed E-state index contributed by atoms with van der Waals surface area (Å²) in [6.45, 7) is 1.18. The standard InChI is InChI=1S/C10H12F2N2O3/c1-10(13,9(11)12)5-6-2-3-7(14(16)17)8(15)4-6/h2-4,9,15H,5,13H2,1H3. The fourth-order valence-corrected chi connectivity index (χ4v) is 1.35. The van der Waals surface area contributed by atoms with Gasteiger partial charge in [0.2, 0.25) is 0 Å². The summed E-state index contributed by atoms with van der Waals surface area (Å²) in [4.78, 5) is 9.67. The molecule has 1 aromatic carbocycles. The Hall–Kier alpha value is -1.76. The molecule has 7 heteroatoms. The summed E-state index contributed by atoms with van der Waals surface area (Å²) in [6.07, 6.45) is -2.91. The van der Waals surface area contributed by atoms with Gasteiger partial charge in [-0.3, -0.25) is 10.1 Å². The molecule has 0 aliphatic heterocycles. The Morgan fingerprint density at radius 1 is 1.59 bits per heavy atom. The number of benzene rings is 1. The molecule has 0 saturated heterocycles. The SMILES string of the molecule is CC(N)(Cc1ccc([N+](=O)[O-])c(O)c1)C(F)F. The molecule has 0 aliphatic rings. The largest absolute Gasteiger partial charge is 0.502 e. The summed E-state index contributed by atoms with van der Waals surface area (Å²) in [5.74, 6) is -0.558. The van der Waals surface area contributed by atoms with Crippen LogP contribution in [0.5, 0.6) is 5.75 Å². The molecule has 0 spiro atoms. The van der Waals surface area contributed by atoms with Crippen molar-refractivity contribution in [1.29, 1.82) is 0 Å². The van der Waals surface area contributed by atoms with Crippen LogP contribution in [-0.4, -0.2) is 22.0 Å². The van der Waals surface area contributed by atoms with Crippen molar-refractivity contribution in [2.45, 2.75) is 25.3 Å². The van der Waals surface area contributed by atoms with E-state index in [1.54, 1.807) is 0 Å². The molecule has 1 aromatic rings. The summed E-state index contributed by atoms with van der Waals surface area (Å²) >= 11 is 0. The number of hydrogen-bond donors (Lipinski definition) is 2. The van der Waals surface area contributed by atoms with E-state index in [9.17, 15) is 24.0 Å². The smallest absolute Gasteiger partial charge is 0.310 e. The minimum absolute atomic E-state index is 0.184. The molecule has 94 valence electrons. The van der Waals surface area contributed by atoms with Crippen LogP contribution < -0.4 is 5.73 Å². The van der Waals surface area contributed by atoms with E-state index in [0.717, 1.165) is 12.1 Å². The summed E-state index contributed by atoms with van der Waals surface area (Å²) < 4.78 is 25.0. The van der Waals surface area contributed by atoms with Gasteiger partial charge >= 0.3 is 5.69 Å². The van der Waals surface area contributed by atoms with E-state index < -0.39 is 28.3 Å². The van der Waals surface area contributed by atoms with Crippen molar-refractivity contribution in [1.82, 2.24) is 0 Å². The summed E-state index contributed by atoms with van der Waals surface area (Å²) in [7, 11) is 0. The Labute approximate surface area is 96.0 Å².